The average Bonchev–Trinajstić information content (AvgIpc) is 2.58. The molecule has 0 heterocycles. The van der Waals surface area contributed by atoms with Gasteiger partial charge in [-0.1, -0.05) is 39.7 Å². The smallest absolute Gasteiger partial charge is 0.251 e. The molecule has 0 saturated heterocycles. The molecule has 0 aliphatic carbocycles. The highest BCUT2D eigenvalue weighted by atomic mass is 79.9. The van der Waals surface area contributed by atoms with Crippen molar-refractivity contribution < 1.29 is 9.53 Å². The van der Waals surface area contributed by atoms with E-state index in [4.69, 9.17) is 27.8 Å². The van der Waals surface area contributed by atoms with Crippen LogP contribution in [0.25, 0.3) is 0 Å². The van der Waals surface area contributed by atoms with Crippen LogP contribution in [0.2, 0.25) is 5.02 Å². The van der Waals surface area contributed by atoms with Crippen LogP contribution >= 0.6 is 27.5 Å². The molecule has 0 spiro atoms. The molecule has 2 aromatic rings. The molecule has 0 bridgehead atoms. The quantitative estimate of drug-likeness (QED) is 0.652. The second-order valence-corrected chi connectivity index (χ2v) is 6.53. The number of benzene rings is 2. The van der Waals surface area contributed by atoms with Crippen LogP contribution in [-0.4, -0.2) is 25.0 Å². The topological polar surface area (TPSA) is 90.4 Å². The highest BCUT2D eigenvalue weighted by Crippen LogP contribution is 2.26. The average molecular weight is 413 g/mol. The summed E-state index contributed by atoms with van der Waals surface area (Å²) in [7, 11) is 0. The Hall–Kier alpha value is -1.60. The third-order valence-electron chi connectivity index (χ3n) is 3.38. The van der Waals surface area contributed by atoms with Crippen LogP contribution < -0.4 is 21.5 Å². The molecule has 0 saturated carbocycles. The fourth-order valence-corrected chi connectivity index (χ4v) is 2.71. The molecular weight excluding hydrogens is 394 g/mol. The molecule has 0 unspecified atom stereocenters. The van der Waals surface area contributed by atoms with Crippen LogP contribution in [0.5, 0.6) is 5.75 Å². The summed E-state index contributed by atoms with van der Waals surface area (Å²) in [6.45, 7) is 0.945. The maximum Gasteiger partial charge on any atom is 0.251 e. The van der Waals surface area contributed by atoms with E-state index >= 15 is 0 Å². The Morgan fingerprint density at radius 3 is 2.58 bits per heavy atom. The normalized spacial score (nSPS) is 10.7. The Balaban J connectivity index is 2.02. The molecule has 1 amide bonds. The van der Waals surface area contributed by atoms with E-state index in [0.717, 1.165) is 10.0 Å². The molecule has 7 heteroatoms. The van der Waals surface area contributed by atoms with Gasteiger partial charge in [0.1, 0.15) is 12.4 Å². The minimum atomic E-state index is -0.267. The van der Waals surface area contributed by atoms with Crippen molar-refractivity contribution >= 4 is 33.4 Å². The zero-order valence-electron chi connectivity index (χ0n) is 13.0. The third kappa shape index (κ3) is 5.21. The van der Waals surface area contributed by atoms with E-state index in [2.05, 4.69) is 21.2 Å². The van der Waals surface area contributed by atoms with E-state index in [1.54, 1.807) is 18.2 Å². The number of ether oxygens (including phenoxy) is 1. The van der Waals surface area contributed by atoms with Gasteiger partial charge in [0.15, 0.2) is 0 Å². The number of hydrogen-bond acceptors (Lipinski definition) is 4. The SMILES string of the molecule is NCC(CN)NC(=O)c1ccc(OCc2cccc(Br)c2)c(Cl)c1. The first kappa shape index (κ1) is 18.7. The standard InChI is InChI=1S/C17H19BrClN3O2/c18-13-3-1-2-11(6-13)10-24-16-5-4-12(7-15(16)19)17(23)22-14(8-20)9-21/h1-7,14H,8-10,20-21H2,(H,22,23). The number of rotatable bonds is 7. The molecule has 0 radical (unpaired) electrons. The maximum absolute atomic E-state index is 12.1. The number of nitrogens with two attached hydrogens (primary N) is 2. The van der Waals surface area contributed by atoms with Crippen molar-refractivity contribution in [1.82, 2.24) is 5.32 Å². The number of nitrogens with one attached hydrogen (secondary N) is 1. The van der Waals surface area contributed by atoms with Crippen LogP contribution in [0, 0.1) is 0 Å². The molecule has 0 atom stereocenters. The third-order valence-corrected chi connectivity index (χ3v) is 4.17. The van der Waals surface area contributed by atoms with Crippen molar-refractivity contribution in [3.05, 3.63) is 63.1 Å². The Kier molecular flexibility index (Phi) is 7.05. The number of halogens is 2. The van der Waals surface area contributed by atoms with Crippen molar-refractivity contribution in [3.63, 3.8) is 0 Å². The summed E-state index contributed by atoms with van der Waals surface area (Å²) < 4.78 is 6.69. The molecule has 0 aliphatic heterocycles. The Morgan fingerprint density at radius 1 is 1.21 bits per heavy atom. The van der Waals surface area contributed by atoms with E-state index < -0.39 is 0 Å². The molecule has 0 aliphatic rings. The lowest BCUT2D eigenvalue weighted by Gasteiger charge is -2.15. The van der Waals surface area contributed by atoms with Crippen LogP contribution in [0.3, 0.4) is 0 Å². The highest BCUT2D eigenvalue weighted by Gasteiger charge is 2.13. The molecule has 5 N–H and O–H groups in total. The number of amides is 1. The number of carbonyl (C=O) groups is 1. The molecule has 2 rings (SSSR count). The second kappa shape index (κ2) is 9.03. The van der Waals surface area contributed by atoms with Gasteiger partial charge in [0, 0.05) is 23.1 Å². The largest absolute Gasteiger partial charge is 0.487 e. The Bertz CT molecular complexity index is 708. The minimum Gasteiger partial charge on any atom is -0.487 e. The summed E-state index contributed by atoms with van der Waals surface area (Å²) in [5.41, 5.74) is 12.5. The van der Waals surface area contributed by atoms with Gasteiger partial charge in [0.05, 0.1) is 11.1 Å². The first-order valence-corrected chi connectivity index (χ1v) is 8.58. The van der Waals surface area contributed by atoms with Crippen molar-refractivity contribution in [1.29, 1.82) is 0 Å². The lowest BCUT2D eigenvalue weighted by Crippen LogP contribution is -2.45. The van der Waals surface area contributed by atoms with Gasteiger partial charge >= 0.3 is 0 Å². The molecule has 24 heavy (non-hydrogen) atoms. The zero-order chi connectivity index (χ0) is 17.5. The van der Waals surface area contributed by atoms with Gasteiger partial charge in [-0.15, -0.1) is 0 Å². The number of hydrogen-bond donors (Lipinski definition) is 3. The predicted molar refractivity (Wildman–Crippen MR) is 99.3 cm³/mol. The summed E-state index contributed by atoms with van der Waals surface area (Å²) in [5.74, 6) is 0.249. The summed E-state index contributed by atoms with van der Waals surface area (Å²) in [6, 6.07) is 12.4. The van der Waals surface area contributed by atoms with E-state index in [-0.39, 0.29) is 25.0 Å². The maximum atomic E-state index is 12.1. The summed E-state index contributed by atoms with van der Waals surface area (Å²) in [5, 5.41) is 3.12. The fraction of sp³-hybridized carbons (Fsp3) is 0.235. The van der Waals surface area contributed by atoms with Gasteiger partial charge in [-0.25, -0.2) is 0 Å². The van der Waals surface area contributed by atoms with E-state index in [9.17, 15) is 4.79 Å². The first-order chi connectivity index (χ1) is 11.5. The number of carbonyl (C=O) groups excluding carboxylic acids is 1. The van der Waals surface area contributed by atoms with Crippen molar-refractivity contribution in [2.45, 2.75) is 12.6 Å². The van der Waals surface area contributed by atoms with Gasteiger partial charge in [-0.05, 0) is 35.9 Å². The van der Waals surface area contributed by atoms with Crippen molar-refractivity contribution in [3.8, 4) is 5.75 Å². The Labute approximate surface area is 154 Å². The van der Waals surface area contributed by atoms with Gasteiger partial charge in [0.2, 0.25) is 0 Å². The van der Waals surface area contributed by atoms with Gasteiger partial charge in [0.25, 0.3) is 5.91 Å². The lowest BCUT2D eigenvalue weighted by atomic mass is 10.2. The van der Waals surface area contributed by atoms with Gasteiger partial charge < -0.3 is 21.5 Å². The zero-order valence-corrected chi connectivity index (χ0v) is 15.3. The fourth-order valence-electron chi connectivity index (χ4n) is 2.03. The van der Waals surface area contributed by atoms with Crippen LogP contribution in [0.4, 0.5) is 0 Å². The van der Waals surface area contributed by atoms with Crippen LogP contribution in [0.1, 0.15) is 15.9 Å². The summed E-state index contributed by atoms with van der Waals surface area (Å²) in [6.07, 6.45) is 0. The monoisotopic (exact) mass is 411 g/mol. The van der Waals surface area contributed by atoms with E-state index in [1.165, 1.54) is 0 Å². The molecule has 128 valence electrons. The van der Waals surface area contributed by atoms with Gasteiger partial charge in [-0.2, -0.15) is 0 Å². The minimum absolute atomic E-state index is 0.260. The predicted octanol–water partition coefficient (Wildman–Crippen LogP) is 2.70. The summed E-state index contributed by atoms with van der Waals surface area (Å²) in [4.78, 5) is 12.1. The molecule has 0 fully saturated rings. The summed E-state index contributed by atoms with van der Waals surface area (Å²) >= 11 is 9.63. The van der Waals surface area contributed by atoms with Gasteiger partial charge in [-0.3, -0.25) is 4.79 Å². The van der Waals surface area contributed by atoms with E-state index in [1.807, 2.05) is 24.3 Å². The first-order valence-electron chi connectivity index (χ1n) is 7.41. The van der Waals surface area contributed by atoms with Crippen LogP contribution in [-0.2, 0) is 6.61 Å². The van der Waals surface area contributed by atoms with Crippen molar-refractivity contribution in [2.75, 3.05) is 13.1 Å². The molecular formula is C17H19BrClN3O2. The molecule has 2 aromatic carbocycles. The molecule has 0 aromatic heterocycles. The highest BCUT2D eigenvalue weighted by molar-refractivity contribution is 9.10. The Morgan fingerprint density at radius 2 is 1.96 bits per heavy atom. The van der Waals surface area contributed by atoms with Crippen molar-refractivity contribution in [2.24, 2.45) is 11.5 Å². The second-order valence-electron chi connectivity index (χ2n) is 5.21. The lowest BCUT2D eigenvalue weighted by molar-refractivity contribution is 0.0939. The van der Waals surface area contributed by atoms with E-state index in [0.29, 0.717) is 22.9 Å². The molecule has 5 nitrogen and oxygen atoms in total. The van der Waals surface area contributed by atoms with Crippen LogP contribution in [0.15, 0.2) is 46.9 Å².